The number of nitrogens with one attached hydrogen (secondary N) is 2. The Labute approximate surface area is 105 Å². The maximum Gasteiger partial charge on any atom is 0.272 e. The van der Waals surface area contributed by atoms with Crippen LogP contribution in [-0.2, 0) is 0 Å². The van der Waals surface area contributed by atoms with Gasteiger partial charge in [-0.2, -0.15) is 11.8 Å². The molecule has 1 amide bonds. The van der Waals surface area contributed by atoms with E-state index < -0.39 is 0 Å². The van der Waals surface area contributed by atoms with E-state index in [2.05, 4.69) is 20.8 Å². The predicted molar refractivity (Wildman–Crippen MR) is 69.4 cm³/mol. The number of hydrogen-bond acceptors (Lipinski definition) is 5. The van der Waals surface area contributed by atoms with E-state index in [0.29, 0.717) is 11.5 Å². The predicted octanol–water partition coefficient (Wildman–Crippen LogP) is 1.14. The van der Waals surface area contributed by atoms with Crippen molar-refractivity contribution < 1.29 is 4.79 Å². The number of nitrogens with zero attached hydrogens (tertiary/aromatic N) is 2. The summed E-state index contributed by atoms with van der Waals surface area (Å²) < 4.78 is 0. The third-order valence-electron chi connectivity index (χ3n) is 2.52. The summed E-state index contributed by atoms with van der Waals surface area (Å²) in [4.78, 5) is 11.8. The number of aromatic nitrogens is 2. The molecule has 2 rings (SSSR count). The Morgan fingerprint density at radius 3 is 3.00 bits per heavy atom. The summed E-state index contributed by atoms with van der Waals surface area (Å²) in [7, 11) is 0. The van der Waals surface area contributed by atoms with Crippen LogP contribution in [0.25, 0.3) is 0 Å². The lowest BCUT2D eigenvalue weighted by Crippen LogP contribution is -2.35. The standard InChI is InChI=1S/C11H16N4OS/c1-2-12-10-4-3-9(14-15-10)11(16)13-8-5-6-17-7-8/h3-4,8H,2,5-7H2,1H3,(H,12,15)(H,13,16). The second kappa shape index (κ2) is 5.86. The Morgan fingerprint density at radius 1 is 1.53 bits per heavy atom. The van der Waals surface area contributed by atoms with Crippen molar-refractivity contribution >= 4 is 23.5 Å². The first kappa shape index (κ1) is 12.2. The van der Waals surface area contributed by atoms with Crippen LogP contribution in [-0.4, -0.2) is 40.2 Å². The lowest BCUT2D eigenvalue weighted by molar-refractivity contribution is 0.0935. The van der Waals surface area contributed by atoms with Crippen molar-refractivity contribution in [2.24, 2.45) is 0 Å². The summed E-state index contributed by atoms with van der Waals surface area (Å²) in [6.07, 6.45) is 1.04. The normalized spacial score (nSPS) is 19.0. The Bertz CT molecular complexity index is 376. The van der Waals surface area contributed by atoms with E-state index in [1.165, 1.54) is 0 Å². The fourth-order valence-electron chi connectivity index (χ4n) is 1.64. The zero-order chi connectivity index (χ0) is 12.1. The van der Waals surface area contributed by atoms with Crippen LogP contribution < -0.4 is 10.6 Å². The lowest BCUT2D eigenvalue weighted by atomic mass is 10.2. The van der Waals surface area contributed by atoms with E-state index in [1.54, 1.807) is 12.1 Å². The van der Waals surface area contributed by atoms with E-state index in [-0.39, 0.29) is 11.9 Å². The van der Waals surface area contributed by atoms with Gasteiger partial charge in [0.15, 0.2) is 5.69 Å². The van der Waals surface area contributed by atoms with E-state index in [1.807, 2.05) is 18.7 Å². The van der Waals surface area contributed by atoms with Crippen LogP contribution in [0.15, 0.2) is 12.1 Å². The number of amides is 1. The highest BCUT2D eigenvalue weighted by atomic mass is 32.2. The van der Waals surface area contributed by atoms with E-state index in [0.717, 1.165) is 24.5 Å². The number of carbonyl (C=O) groups is 1. The highest BCUT2D eigenvalue weighted by molar-refractivity contribution is 7.99. The maximum absolute atomic E-state index is 11.8. The molecule has 1 aromatic heterocycles. The molecule has 6 heteroatoms. The topological polar surface area (TPSA) is 66.9 Å². The summed E-state index contributed by atoms with van der Waals surface area (Å²) in [6, 6.07) is 3.75. The van der Waals surface area contributed by atoms with Gasteiger partial charge in [0.1, 0.15) is 5.82 Å². The molecule has 0 radical (unpaired) electrons. The average Bonchev–Trinajstić information content (AvgIpc) is 2.83. The van der Waals surface area contributed by atoms with Gasteiger partial charge < -0.3 is 10.6 Å². The average molecular weight is 252 g/mol. The zero-order valence-electron chi connectivity index (χ0n) is 9.77. The second-order valence-corrected chi connectivity index (χ2v) is 5.02. The van der Waals surface area contributed by atoms with Crippen molar-refractivity contribution in [2.45, 2.75) is 19.4 Å². The Kier molecular flexibility index (Phi) is 4.19. The Balaban J connectivity index is 1.93. The highest BCUT2D eigenvalue weighted by Crippen LogP contribution is 2.17. The van der Waals surface area contributed by atoms with Crippen molar-refractivity contribution in [3.8, 4) is 0 Å². The van der Waals surface area contributed by atoms with E-state index in [4.69, 9.17) is 0 Å². The number of carbonyl (C=O) groups excluding carboxylic acids is 1. The van der Waals surface area contributed by atoms with Gasteiger partial charge in [-0.3, -0.25) is 4.79 Å². The third kappa shape index (κ3) is 3.33. The summed E-state index contributed by atoms with van der Waals surface area (Å²) in [5.74, 6) is 2.68. The molecule has 1 atom stereocenters. The molecule has 0 bridgehead atoms. The Morgan fingerprint density at radius 2 is 2.41 bits per heavy atom. The molecule has 92 valence electrons. The molecule has 1 unspecified atom stereocenters. The van der Waals surface area contributed by atoms with Crippen LogP contribution in [0.1, 0.15) is 23.8 Å². The van der Waals surface area contributed by atoms with Gasteiger partial charge in [0.05, 0.1) is 0 Å². The van der Waals surface area contributed by atoms with Gasteiger partial charge in [0.2, 0.25) is 0 Å². The summed E-state index contributed by atoms with van der Waals surface area (Å²) in [6.45, 7) is 2.78. The summed E-state index contributed by atoms with van der Waals surface area (Å²) >= 11 is 1.87. The minimum Gasteiger partial charge on any atom is -0.369 e. The van der Waals surface area contributed by atoms with Crippen LogP contribution in [0.3, 0.4) is 0 Å². The third-order valence-corrected chi connectivity index (χ3v) is 3.68. The van der Waals surface area contributed by atoms with Gasteiger partial charge in [-0.15, -0.1) is 10.2 Å². The maximum atomic E-state index is 11.8. The van der Waals surface area contributed by atoms with Crippen LogP contribution in [0, 0.1) is 0 Å². The number of rotatable bonds is 4. The van der Waals surface area contributed by atoms with E-state index >= 15 is 0 Å². The fraction of sp³-hybridized carbons (Fsp3) is 0.545. The minimum absolute atomic E-state index is 0.131. The van der Waals surface area contributed by atoms with Gasteiger partial charge in [-0.05, 0) is 31.2 Å². The molecule has 0 spiro atoms. The van der Waals surface area contributed by atoms with Crippen LogP contribution in [0.2, 0.25) is 0 Å². The first-order chi connectivity index (χ1) is 8.29. The summed E-state index contributed by atoms with van der Waals surface area (Å²) in [5, 5.41) is 13.8. The zero-order valence-corrected chi connectivity index (χ0v) is 10.6. The van der Waals surface area contributed by atoms with Gasteiger partial charge in [0, 0.05) is 18.3 Å². The molecule has 2 heterocycles. The first-order valence-corrected chi connectivity index (χ1v) is 6.91. The molecule has 0 saturated carbocycles. The van der Waals surface area contributed by atoms with Gasteiger partial charge >= 0.3 is 0 Å². The van der Waals surface area contributed by atoms with Crippen molar-refractivity contribution in [1.29, 1.82) is 0 Å². The number of anilines is 1. The minimum atomic E-state index is -0.131. The molecule has 17 heavy (non-hydrogen) atoms. The highest BCUT2D eigenvalue weighted by Gasteiger charge is 2.19. The SMILES string of the molecule is CCNc1ccc(C(=O)NC2CCSC2)nn1. The Hall–Kier alpha value is -1.30. The fourth-order valence-corrected chi connectivity index (χ4v) is 2.79. The summed E-state index contributed by atoms with van der Waals surface area (Å²) in [5.41, 5.74) is 0.378. The van der Waals surface area contributed by atoms with Crippen molar-refractivity contribution in [1.82, 2.24) is 15.5 Å². The lowest BCUT2D eigenvalue weighted by Gasteiger charge is -2.10. The molecule has 1 saturated heterocycles. The monoisotopic (exact) mass is 252 g/mol. The molecule has 1 fully saturated rings. The van der Waals surface area contributed by atoms with Crippen LogP contribution >= 0.6 is 11.8 Å². The molecular weight excluding hydrogens is 236 g/mol. The van der Waals surface area contributed by atoms with Gasteiger partial charge in [0.25, 0.3) is 5.91 Å². The van der Waals surface area contributed by atoms with Crippen LogP contribution in [0.4, 0.5) is 5.82 Å². The number of hydrogen-bond donors (Lipinski definition) is 2. The molecule has 0 aromatic carbocycles. The van der Waals surface area contributed by atoms with Crippen molar-refractivity contribution in [3.05, 3.63) is 17.8 Å². The largest absolute Gasteiger partial charge is 0.369 e. The van der Waals surface area contributed by atoms with Crippen molar-refractivity contribution in [2.75, 3.05) is 23.4 Å². The second-order valence-electron chi connectivity index (χ2n) is 3.87. The molecule has 1 aromatic rings. The molecular formula is C11H16N4OS. The molecule has 5 nitrogen and oxygen atoms in total. The van der Waals surface area contributed by atoms with E-state index in [9.17, 15) is 4.79 Å². The van der Waals surface area contributed by atoms with Crippen molar-refractivity contribution in [3.63, 3.8) is 0 Å². The molecule has 0 aliphatic carbocycles. The van der Waals surface area contributed by atoms with Gasteiger partial charge in [-0.1, -0.05) is 0 Å². The smallest absolute Gasteiger partial charge is 0.272 e. The molecule has 1 aliphatic heterocycles. The van der Waals surface area contributed by atoms with Gasteiger partial charge in [-0.25, -0.2) is 0 Å². The first-order valence-electron chi connectivity index (χ1n) is 5.76. The quantitative estimate of drug-likeness (QED) is 0.841. The number of thioether (sulfide) groups is 1. The molecule has 1 aliphatic rings. The van der Waals surface area contributed by atoms with Crippen LogP contribution in [0.5, 0.6) is 0 Å². The molecule has 2 N–H and O–H groups in total.